The quantitative estimate of drug-likeness (QED) is 0.422. The van der Waals surface area contributed by atoms with Crippen LogP contribution in [-0.2, 0) is 11.3 Å². The summed E-state index contributed by atoms with van der Waals surface area (Å²) in [5.74, 6) is -0.287. The minimum absolute atomic E-state index is 0.163. The fourth-order valence-electron chi connectivity index (χ4n) is 2.58. The van der Waals surface area contributed by atoms with Crippen molar-refractivity contribution >= 4 is 39.3 Å². The van der Waals surface area contributed by atoms with Gasteiger partial charge in [-0.25, -0.2) is 0 Å². The molecule has 3 aromatic rings. The Labute approximate surface area is 191 Å². The molecule has 0 aliphatic rings. The number of rotatable bonds is 9. The monoisotopic (exact) mass is 510 g/mol. The molecule has 0 spiro atoms. The number of aromatic nitrogens is 4. The van der Waals surface area contributed by atoms with Gasteiger partial charge in [0.2, 0.25) is 0 Å². The Morgan fingerprint density at radius 3 is 2.68 bits per heavy atom. The first-order valence-corrected chi connectivity index (χ1v) is 10.5. The molecule has 0 saturated carbocycles. The van der Waals surface area contributed by atoms with Gasteiger partial charge in [0.1, 0.15) is 12.3 Å². The van der Waals surface area contributed by atoms with E-state index < -0.39 is 5.91 Å². The molecule has 0 unspecified atom stereocenters. The highest BCUT2D eigenvalue weighted by Gasteiger charge is 2.17. The summed E-state index contributed by atoms with van der Waals surface area (Å²) in [4.78, 5) is 28.1. The number of amides is 2. The van der Waals surface area contributed by atoms with Crippen molar-refractivity contribution in [3.8, 4) is 5.75 Å². The van der Waals surface area contributed by atoms with Crippen LogP contribution in [-0.4, -0.2) is 51.4 Å². The van der Waals surface area contributed by atoms with Gasteiger partial charge in [-0.05, 0) is 41.9 Å². The van der Waals surface area contributed by atoms with E-state index >= 15 is 0 Å². The largest absolute Gasteiger partial charge is 0.482 e. The summed E-state index contributed by atoms with van der Waals surface area (Å²) < 4.78 is 13.0. The molecule has 1 aromatic carbocycles. The van der Waals surface area contributed by atoms with Gasteiger partial charge in [-0.15, -0.1) is 0 Å². The van der Waals surface area contributed by atoms with Gasteiger partial charge in [-0.2, -0.15) is 10.1 Å². The number of nitrogens with one attached hydrogen (secondary N) is 2. The lowest BCUT2D eigenvalue weighted by Crippen LogP contribution is -2.36. The molecule has 12 heteroatoms. The zero-order valence-electron chi connectivity index (χ0n) is 16.8. The number of carbonyl (C=O) groups excluding carboxylic acids is 2. The lowest BCUT2D eigenvalue weighted by Gasteiger charge is -2.08. The summed E-state index contributed by atoms with van der Waals surface area (Å²) in [6.07, 6.45) is 0. The van der Waals surface area contributed by atoms with E-state index in [9.17, 15) is 9.59 Å². The Morgan fingerprint density at radius 2 is 1.97 bits per heavy atom. The van der Waals surface area contributed by atoms with Crippen LogP contribution in [0.1, 0.15) is 27.9 Å². The standard InChI is InChI=1S/C19H20BrClN6O4/c1-11-17(20)12(2)27(25-11)9-15-24-19(31-26-15)18(29)23-8-7-22-16(28)10-30-14-6-4-3-5-13(14)21/h3-6H,7-10H2,1-2H3,(H,22,28)(H,23,29). The molecule has 2 aromatic heterocycles. The second-order valence-electron chi connectivity index (χ2n) is 6.48. The molecular formula is C19H20BrClN6O4. The molecule has 10 nitrogen and oxygen atoms in total. The molecule has 0 bridgehead atoms. The number of hydrogen-bond donors (Lipinski definition) is 2. The van der Waals surface area contributed by atoms with E-state index in [1.807, 2.05) is 13.8 Å². The number of nitrogens with zero attached hydrogens (tertiary/aromatic N) is 4. The van der Waals surface area contributed by atoms with Gasteiger partial charge in [0, 0.05) is 13.1 Å². The van der Waals surface area contributed by atoms with E-state index in [2.05, 4.69) is 41.8 Å². The van der Waals surface area contributed by atoms with Gasteiger partial charge >= 0.3 is 11.8 Å². The number of halogens is 2. The Hall–Kier alpha value is -2.92. The van der Waals surface area contributed by atoms with Crippen LogP contribution in [0.15, 0.2) is 33.3 Å². The molecule has 164 valence electrons. The highest BCUT2D eigenvalue weighted by Crippen LogP contribution is 2.22. The van der Waals surface area contributed by atoms with Crippen LogP contribution in [0.25, 0.3) is 0 Å². The molecule has 0 fully saturated rings. The number of carbonyl (C=O) groups is 2. The van der Waals surface area contributed by atoms with Gasteiger partial charge in [-0.3, -0.25) is 14.3 Å². The number of hydrogen-bond acceptors (Lipinski definition) is 7. The van der Waals surface area contributed by atoms with Crippen molar-refractivity contribution in [1.82, 2.24) is 30.6 Å². The van der Waals surface area contributed by atoms with Crippen LogP contribution in [0.2, 0.25) is 5.02 Å². The molecule has 0 atom stereocenters. The van der Waals surface area contributed by atoms with Crippen molar-refractivity contribution in [1.29, 1.82) is 0 Å². The molecule has 2 N–H and O–H groups in total. The average Bonchev–Trinajstić information content (AvgIpc) is 3.31. The Kier molecular flexibility index (Phi) is 7.64. The van der Waals surface area contributed by atoms with E-state index in [4.69, 9.17) is 20.9 Å². The van der Waals surface area contributed by atoms with Crippen molar-refractivity contribution in [2.24, 2.45) is 0 Å². The Bertz CT molecular complexity index is 1080. The van der Waals surface area contributed by atoms with Gasteiger partial charge in [0.05, 0.1) is 20.9 Å². The molecule has 3 rings (SSSR count). The second kappa shape index (κ2) is 10.4. The molecule has 31 heavy (non-hydrogen) atoms. The molecule has 0 aliphatic carbocycles. The summed E-state index contributed by atoms with van der Waals surface area (Å²) in [7, 11) is 0. The number of benzene rings is 1. The predicted molar refractivity (Wildman–Crippen MR) is 115 cm³/mol. The highest BCUT2D eigenvalue weighted by molar-refractivity contribution is 9.10. The van der Waals surface area contributed by atoms with Crippen LogP contribution in [0, 0.1) is 13.8 Å². The number of para-hydroxylation sites is 1. The van der Waals surface area contributed by atoms with Crippen molar-refractivity contribution < 1.29 is 18.8 Å². The maximum absolute atomic E-state index is 12.1. The van der Waals surface area contributed by atoms with Crippen molar-refractivity contribution in [3.63, 3.8) is 0 Å². The maximum Gasteiger partial charge on any atom is 0.316 e. The smallest absolute Gasteiger partial charge is 0.316 e. The third-order valence-corrected chi connectivity index (χ3v) is 5.63. The number of ether oxygens (including phenoxy) is 1. The number of aryl methyl sites for hydroxylation is 1. The first-order chi connectivity index (χ1) is 14.8. The SMILES string of the molecule is Cc1nn(Cc2noc(C(=O)NCCNC(=O)COc3ccccc3Cl)n2)c(C)c1Br. The fraction of sp³-hybridized carbons (Fsp3) is 0.316. The van der Waals surface area contributed by atoms with E-state index in [0.29, 0.717) is 16.6 Å². The fourth-order valence-corrected chi connectivity index (χ4v) is 3.06. The molecule has 0 aliphatic heterocycles. The molecule has 2 amide bonds. The first-order valence-electron chi connectivity index (χ1n) is 9.29. The van der Waals surface area contributed by atoms with Gasteiger partial charge < -0.3 is 19.9 Å². The predicted octanol–water partition coefficient (Wildman–Crippen LogP) is 2.27. The minimum Gasteiger partial charge on any atom is -0.482 e. The second-order valence-corrected chi connectivity index (χ2v) is 7.68. The summed E-state index contributed by atoms with van der Waals surface area (Å²) in [5.41, 5.74) is 1.76. The van der Waals surface area contributed by atoms with Crippen LogP contribution in [0.3, 0.4) is 0 Å². The minimum atomic E-state index is -0.533. The van der Waals surface area contributed by atoms with Gasteiger partial charge in [-0.1, -0.05) is 28.9 Å². The van der Waals surface area contributed by atoms with Crippen molar-refractivity contribution in [3.05, 3.63) is 56.9 Å². The summed E-state index contributed by atoms with van der Waals surface area (Å²) in [5, 5.41) is 13.8. The molecule has 2 heterocycles. The maximum atomic E-state index is 12.1. The molecule has 0 saturated heterocycles. The third-order valence-electron chi connectivity index (χ3n) is 4.17. The highest BCUT2D eigenvalue weighted by atomic mass is 79.9. The lowest BCUT2D eigenvalue weighted by molar-refractivity contribution is -0.123. The topological polar surface area (TPSA) is 124 Å². The van der Waals surface area contributed by atoms with Crippen LogP contribution in [0.4, 0.5) is 0 Å². The van der Waals surface area contributed by atoms with Crippen molar-refractivity contribution in [2.45, 2.75) is 20.4 Å². The zero-order valence-corrected chi connectivity index (χ0v) is 19.2. The van der Waals surface area contributed by atoms with Gasteiger partial charge in [0.15, 0.2) is 12.4 Å². The lowest BCUT2D eigenvalue weighted by atomic mass is 10.3. The summed E-state index contributed by atoms with van der Waals surface area (Å²) in [6, 6.07) is 6.86. The van der Waals surface area contributed by atoms with Crippen LogP contribution in [0.5, 0.6) is 5.75 Å². The van der Waals surface area contributed by atoms with Crippen LogP contribution >= 0.6 is 27.5 Å². The van der Waals surface area contributed by atoms with Gasteiger partial charge in [0.25, 0.3) is 5.91 Å². The Morgan fingerprint density at radius 1 is 1.23 bits per heavy atom. The van der Waals surface area contributed by atoms with E-state index in [1.54, 1.807) is 28.9 Å². The molecule has 0 radical (unpaired) electrons. The normalized spacial score (nSPS) is 10.7. The molecular weight excluding hydrogens is 492 g/mol. The summed E-state index contributed by atoms with van der Waals surface area (Å²) in [6.45, 7) is 4.26. The zero-order chi connectivity index (χ0) is 22.4. The summed E-state index contributed by atoms with van der Waals surface area (Å²) >= 11 is 9.42. The van der Waals surface area contributed by atoms with E-state index in [-0.39, 0.29) is 38.0 Å². The first kappa shape index (κ1) is 22.8. The van der Waals surface area contributed by atoms with Crippen LogP contribution < -0.4 is 15.4 Å². The Balaban J connectivity index is 1.39. The van der Waals surface area contributed by atoms with E-state index in [0.717, 1.165) is 15.9 Å². The average molecular weight is 512 g/mol. The van der Waals surface area contributed by atoms with Crippen molar-refractivity contribution in [2.75, 3.05) is 19.7 Å². The third kappa shape index (κ3) is 6.05. The van der Waals surface area contributed by atoms with E-state index in [1.165, 1.54) is 0 Å².